The van der Waals surface area contributed by atoms with Crippen LogP contribution in [0.25, 0.3) is 0 Å². The number of ether oxygens (including phenoxy) is 1. The van der Waals surface area contributed by atoms with Gasteiger partial charge in [0.25, 0.3) is 5.91 Å². The van der Waals surface area contributed by atoms with E-state index < -0.39 is 0 Å². The summed E-state index contributed by atoms with van der Waals surface area (Å²) in [6.07, 6.45) is 1.64. The molecule has 1 aromatic heterocycles. The number of hydrogen-bond acceptors (Lipinski definition) is 4. The first kappa shape index (κ1) is 19.4. The number of nitrogens with zero attached hydrogens (tertiary/aromatic N) is 2. The minimum atomic E-state index is -0.0949. The molecule has 0 aliphatic rings. The Labute approximate surface area is 166 Å². The van der Waals surface area contributed by atoms with Gasteiger partial charge in [0.1, 0.15) is 11.4 Å². The summed E-state index contributed by atoms with van der Waals surface area (Å²) < 4.78 is 5.38. The van der Waals surface area contributed by atoms with E-state index in [9.17, 15) is 4.79 Å². The molecule has 5 nitrogen and oxygen atoms in total. The molecule has 0 radical (unpaired) electrons. The average molecular weight is 375 g/mol. The third-order valence-corrected chi connectivity index (χ3v) is 4.44. The maximum Gasteiger partial charge on any atom is 0.273 e. The molecule has 5 heteroatoms. The number of nitrogens with one attached hydrogen (secondary N) is 1. The molecular weight excluding hydrogens is 350 g/mol. The molecule has 0 fully saturated rings. The quantitative estimate of drug-likeness (QED) is 0.639. The molecule has 0 aliphatic carbocycles. The number of carbonyl (C=O) groups excluding carboxylic acids is 1. The molecule has 28 heavy (non-hydrogen) atoms. The van der Waals surface area contributed by atoms with E-state index in [1.54, 1.807) is 19.4 Å². The highest BCUT2D eigenvalue weighted by Gasteiger charge is 2.20. The number of para-hydroxylation sites is 2. The predicted molar refractivity (Wildman–Crippen MR) is 112 cm³/mol. The van der Waals surface area contributed by atoms with Crippen molar-refractivity contribution in [3.63, 3.8) is 0 Å². The van der Waals surface area contributed by atoms with Crippen molar-refractivity contribution in [3.05, 3.63) is 84.2 Å². The lowest BCUT2D eigenvalue weighted by Crippen LogP contribution is -2.36. The Kier molecular flexibility index (Phi) is 6.27. The predicted octanol–water partition coefficient (Wildman–Crippen LogP) is 4.88. The van der Waals surface area contributed by atoms with Crippen molar-refractivity contribution in [2.45, 2.75) is 26.4 Å². The average Bonchev–Trinajstić information content (AvgIpc) is 2.72. The van der Waals surface area contributed by atoms with E-state index in [1.807, 2.05) is 79.4 Å². The molecule has 1 N–H and O–H groups in total. The van der Waals surface area contributed by atoms with Crippen LogP contribution in [0.2, 0.25) is 0 Å². The summed E-state index contributed by atoms with van der Waals surface area (Å²) in [5.41, 5.74) is 3.11. The lowest BCUT2D eigenvalue weighted by atomic mass is 10.1. The van der Waals surface area contributed by atoms with Gasteiger partial charge in [-0.25, -0.2) is 0 Å². The van der Waals surface area contributed by atoms with Crippen LogP contribution in [0.1, 0.15) is 29.9 Å². The van der Waals surface area contributed by atoms with Crippen LogP contribution in [-0.2, 0) is 6.54 Å². The van der Waals surface area contributed by atoms with Gasteiger partial charge in [0.2, 0.25) is 0 Å². The van der Waals surface area contributed by atoms with E-state index in [4.69, 9.17) is 4.74 Å². The third kappa shape index (κ3) is 4.68. The fourth-order valence-corrected chi connectivity index (χ4v) is 2.94. The van der Waals surface area contributed by atoms with E-state index in [-0.39, 0.29) is 11.9 Å². The van der Waals surface area contributed by atoms with Crippen molar-refractivity contribution < 1.29 is 9.53 Å². The number of hydrogen-bond donors (Lipinski definition) is 1. The molecule has 0 unspecified atom stereocenters. The fraction of sp³-hybridized carbons (Fsp3) is 0.217. The summed E-state index contributed by atoms with van der Waals surface area (Å²) in [5, 5.41) is 3.30. The monoisotopic (exact) mass is 375 g/mol. The normalized spacial score (nSPS) is 10.6. The highest BCUT2D eigenvalue weighted by molar-refractivity contribution is 5.93. The lowest BCUT2D eigenvalue weighted by Gasteiger charge is -2.26. The van der Waals surface area contributed by atoms with Crippen LogP contribution in [0, 0.1) is 0 Å². The first-order valence-electron chi connectivity index (χ1n) is 9.29. The summed E-state index contributed by atoms with van der Waals surface area (Å²) in [7, 11) is 1.63. The highest BCUT2D eigenvalue weighted by atomic mass is 16.5. The van der Waals surface area contributed by atoms with Crippen molar-refractivity contribution in [3.8, 4) is 5.75 Å². The van der Waals surface area contributed by atoms with Crippen molar-refractivity contribution in [2.75, 3.05) is 12.4 Å². The summed E-state index contributed by atoms with van der Waals surface area (Å²) >= 11 is 0. The molecule has 0 bridgehead atoms. The number of aromatic nitrogens is 1. The Balaban J connectivity index is 1.82. The van der Waals surface area contributed by atoms with Crippen LogP contribution in [0.5, 0.6) is 5.75 Å². The molecule has 0 atom stereocenters. The van der Waals surface area contributed by atoms with E-state index in [1.165, 1.54) is 0 Å². The topological polar surface area (TPSA) is 54.5 Å². The van der Waals surface area contributed by atoms with Gasteiger partial charge in [0.05, 0.1) is 12.8 Å². The van der Waals surface area contributed by atoms with Crippen molar-refractivity contribution in [1.82, 2.24) is 9.88 Å². The SMILES string of the molecule is COc1ccccc1Nc1ccnc(C(=O)N(Cc2ccccc2)C(C)C)c1. The molecular formula is C23H25N3O2. The van der Waals surface area contributed by atoms with Gasteiger partial charge in [-0.05, 0) is 43.7 Å². The number of benzene rings is 2. The second kappa shape index (κ2) is 9.04. The van der Waals surface area contributed by atoms with E-state index >= 15 is 0 Å². The molecule has 0 saturated carbocycles. The minimum Gasteiger partial charge on any atom is -0.495 e. The van der Waals surface area contributed by atoms with Crippen LogP contribution in [-0.4, -0.2) is 28.9 Å². The number of amides is 1. The Morgan fingerprint density at radius 3 is 2.50 bits per heavy atom. The van der Waals surface area contributed by atoms with Crippen LogP contribution in [0.4, 0.5) is 11.4 Å². The summed E-state index contributed by atoms with van der Waals surface area (Å²) in [5.74, 6) is 0.641. The van der Waals surface area contributed by atoms with Gasteiger partial charge in [0.15, 0.2) is 0 Å². The van der Waals surface area contributed by atoms with Crippen molar-refractivity contribution in [2.24, 2.45) is 0 Å². The molecule has 1 heterocycles. The first-order valence-corrected chi connectivity index (χ1v) is 9.29. The number of methoxy groups -OCH3 is 1. The lowest BCUT2D eigenvalue weighted by molar-refractivity contribution is 0.0684. The van der Waals surface area contributed by atoms with Crippen molar-refractivity contribution >= 4 is 17.3 Å². The van der Waals surface area contributed by atoms with Gasteiger partial charge in [-0.2, -0.15) is 0 Å². The zero-order chi connectivity index (χ0) is 19.9. The van der Waals surface area contributed by atoms with Crippen LogP contribution >= 0.6 is 0 Å². The van der Waals surface area contributed by atoms with Gasteiger partial charge in [0, 0.05) is 24.5 Å². The Morgan fingerprint density at radius 2 is 1.79 bits per heavy atom. The maximum atomic E-state index is 13.1. The van der Waals surface area contributed by atoms with Crippen molar-refractivity contribution in [1.29, 1.82) is 0 Å². The molecule has 0 spiro atoms. The van der Waals surface area contributed by atoms with Gasteiger partial charge >= 0.3 is 0 Å². The summed E-state index contributed by atoms with van der Waals surface area (Å²) in [4.78, 5) is 19.3. The molecule has 0 aliphatic heterocycles. The number of carbonyl (C=O) groups is 1. The molecule has 3 rings (SSSR count). The molecule has 144 valence electrons. The van der Waals surface area contributed by atoms with E-state index in [0.717, 1.165) is 22.7 Å². The largest absolute Gasteiger partial charge is 0.495 e. The van der Waals surface area contributed by atoms with Gasteiger partial charge in [-0.1, -0.05) is 42.5 Å². The first-order chi connectivity index (χ1) is 13.6. The smallest absolute Gasteiger partial charge is 0.273 e. The third-order valence-electron chi connectivity index (χ3n) is 4.44. The molecule has 1 amide bonds. The zero-order valence-electron chi connectivity index (χ0n) is 16.4. The summed E-state index contributed by atoms with van der Waals surface area (Å²) in [6, 6.07) is 21.3. The van der Waals surface area contributed by atoms with Gasteiger partial charge in [-0.15, -0.1) is 0 Å². The Hall–Kier alpha value is -3.34. The fourth-order valence-electron chi connectivity index (χ4n) is 2.94. The molecule has 3 aromatic rings. The Morgan fingerprint density at radius 1 is 1.07 bits per heavy atom. The molecule has 0 saturated heterocycles. The molecule has 2 aromatic carbocycles. The standard InChI is InChI=1S/C23H25N3O2/c1-17(2)26(16-18-9-5-4-6-10-18)23(27)21-15-19(13-14-24-21)25-20-11-7-8-12-22(20)28-3/h4-15,17H,16H2,1-3H3,(H,24,25). The highest BCUT2D eigenvalue weighted by Crippen LogP contribution is 2.27. The minimum absolute atomic E-state index is 0.0559. The second-order valence-electron chi connectivity index (χ2n) is 6.77. The van der Waals surface area contributed by atoms with Crippen LogP contribution in [0.3, 0.4) is 0 Å². The number of rotatable bonds is 7. The number of pyridine rings is 1. The van der Waals surface area contributed by atoms with Gasteiger partial charge in [-0.3, -0.25) is 9.78 Å². The van der Waals surface area contributed by atoms with E-state index in [2.05, 4.69) is 10.3 Å². The number of anilines is 2. The van der Waals surface area contributed by atoms with Gasteiger partial charge < -0.3 is 15.0 Å². The van der Waals surface area contributed by atoms with Crippen LogP contribution in [0.15, 0.2) is 72.9 Å². The zero-order valence-corrected chi connectivity index (χ0v) is 16.4. The maximum absolute atomic E-state index is 13.1. The van der Waals surface area contributed by atoms with E-state index in [0.29, 0.717) is 12.2 Å². The van der Waals surface area contributed by atoms with Crippen LogP contribution < -0.4 is 10.1 Å². The second-order valence-corrected chi connectivity index (χ2v) is 6.77. The summed E-state index contributed by atoms with van der Waals surface area (Å²) in [6.45, 7) is 4.57. The Bertz CT molecular complexity index is 926.